The van der Waals surface area contributed by atoms with Crippen molar-refractivity contribution in [3.05, 3.63) is 0 Å². The van der Waals surface area contributed by atoms with Gasteiger partial charge in [-0.1, -0.05) is 0 Å². The van der Waals surface area contributed by atoms with Crippen molar-refractivity contribution in [2.45, 2.75) is 54.8 Å². The van der Waals surface area contributed by atoms with Gasteiger partial charge < -0.3 is 55.1 Å². The minimum Gasteiger partial charge on any atom is -0.394 e. The summed E-state index contributed by atoms with van der Waals surface area (Å²) in [5, 5.41) is 76.7. The van der Waals surface area contributed by atoms with E-state index in [1.54, 1.807) is 0 Å². The molecule has 8 N–H and O–H groups in total. The zero-order chi connectivity index (χ0) is 17.4. The summed E-state index contributed by atoms with van der Waals surface area (Å²) in [6, 6.07) is 0. The Morgan fingerprint density at radius 3 is 1.87 bits per heavy atom. The second-order valence-corrected chi connectivity index (χ2v) is 5.56. The van der Waals surface area contributed by atoms with E-state index in [9.17, 15) is 30.6 Å². The van der Waals surface area contributed by atoms with Gasteiger partial charge in [-0.2, -0.15) is 0 Å². The molecule has 2 fully saturated rings. The quantitative estimate of drug-likeness (QED) is 0.238. The predicted octanol–water partition coefficient (Wildman–Crippen LogP) is -5.40. The third kappa shape index (κ3) is 3.23. The Hall–Kier alpha value is -0.440. The Labute approximate surface area is 130 Å². The highest BCUT2D eigenvalue weighted by Crippen LogP contribution is 2.35. The molecule has 11 nitrogen and oxygen atoms in total. The molecule has 0 aromatic carbocycles. The fourth-order valence-corrected chi connectivity index (χ4v) is 2.63. The van der Waals surface area contributed by atoms with Gasteiger partial charge in [-0.15, -0.1) is 0 Å². The standard InChI is InChI=1S/C12H22O11/c13-1-4-6(16)8(18)9(19)11(21-4)23-12(3-15)10(20)7(17)5(2-14)22-12/h4-11,13-20H,1-3H2/t4?,5?,6-,7+,8-,9?,10+,11-,12-/m0/s1. The van der Waals surface area contributed by atoms with Crippen LogP contribution in [0, 0.1) is 0 Å². The molecule has 2 saturated heterocycles. The molecule has 0 aromatic heterocycles. The van der Waals surface area contributed by atoms with Crippen LogP contribution in [0.4, 0.5) is 0 Å². The molecular weight excluding hydrogens is 320 g/mol. The molecule has 2 aliphatic rings. The van der Waals surface area contributed by atoms with Gasteiger partial charge in [0.25, 0.3) is 0 Å². The van der Waals surface area contributed by atoms with Gasteiger partial charge in [0.2, 0.25) is 5.79 Å². The Bertz CT molecular complexity index is 393. The molecule has 2 heterocycles. The van der Waals surface area contributed by atoms with E-state index in [-0.39, 0.29) is 0 Å². The van der Waals surface area contributed by atoms with E-state index >= 15 is 0 Å². The first-order valence-electron chi connectivity index (χ1n) is 7.05. The maximum Gasteiger partial charge on any atom is 0.224 e. The predicted molar refractivity (Wildman–Crippen MR) is 68.6 cm³/mol. The zero-order valence-corrected chi connectivity index (χ0v) is 12.0. The average Bonchev–Trinajstić information content (AvgIpc) is 2.80. The smallest absolute Gasteiger partial charge is 0.224 e. The second kappa shape index (κ2) is 7.21. The third-order valence-electron chi connectivity index (χ3n) is 4.07. The molecule has 23 heavy (non-hydrogen) atoms. The van der Waals surface area contributed by atoms with Crippen LogP contribution in [0.5, 0.6) is 0 Å². The number of aliphatic hydroxyl groups is 8. The SMILES string of the molecule is OCC1O[C@@](CO)(O[C@@H]2OC(CO)[C@H](O)[C@H](O)C2O)[C@H](O)[C@@H]1O. The summed E-state index contributed by atoms with van der Waals surface area (Å²) in [5.41, 5.74) is 0. The molecule has 136 valence electrons. The second-order valence-electron chi connectivity index (χ2n) is 5.56. The maximum atomic E-state index is 10.00. The molecular formula is C12H22O11. The van der Waals surface area contributed by atoms with Crippen LogP contribution in [0.15, 0.2) is 0 Å². The van der Waals surface area contributed by atoms with Gasteiger partial charge in [0, 0.05) is 0 Å². The van der Waals surface area contributed by atoms with E-state index in [1.165, 1.54) is 0 Å². The van der Waals surface area contributed by atoms with Crippen molar-refractivity contribution in [1.82, 2.24) is 0 Å². The largest absolute Gasteiger partial charge is 0.394 e. The summed E-state index contributed by atoms with van der Waals surface area (Å²) in [4.78, 5) is 0. The lowest BCUT2D eigenvalue weighted by Gasteiger charge is -2.43. The highest BCUT2D eigenvalue weighted by molar-refractivity contribution is 4.98. The fourth-order valence-electron chi connectivity index (χ4n) is 2.63. The first kappa shape index (κ1) is 18.9. The normalized spacial score (nSPS) is 51.1. The molecule has 2 aliphatic heterocycles. The van der Waals surface area contributed by atoms with Gasteiger partial charge in [0.05, 0.1) is 13.2 Å². The summed E-state index contributed by atoms with van der Waals surface area (Å²) < 4.78 is 15.4. The van der Waals surface area contributed by atoms with Gasteiger partial charge in [0.15, 0.2) is 6.29 Å². The lowest BCUT2D eigenvalue weighted by molar-refractivity contribution is -0.383. The lowest BCUT2D eigenvalue weighted by Crippen LogP contribution is -2.62. The van der Waals surface area contributed by atoms with Crippen LogP contribution in [0.1, 0.15) is 0 Å². The Morgan fingerprint density at radius 2 is 1.39 bits per heavy atom. The molecule has 2 rings (SSSR count). The van der Waals surface area contributed by atoms with E-state index in [4.69, 9.17) is 24.4 Å². The molecule has 9 atom stereocenters. The van der Waals surface area contributed by atoms with Gasteiger partial charge in [-0.3, -0.25) is 0 Å². The minimum atomic E-state index is -2.22. The molecule has 0 saturated carbocycles. The Morgan fingerprint density at radius 1 is 0.783 bits per heavy atom. The van der Waals surface area contributed by atoms with Crippen LogP contribution in [0.3, 0.4) is 0 Å². The van der Waals surface area contributed by atoms with Crippen LogP contribution in [0.2, 0.25) is 0 Å². The topological polar surface area (TPSA) is 190 Å². The van der Waals surface area contributed by atoms with Crippen molar-refractivity contribution in [2.75, 3.05) is 19.8 Å². The van der Waals surface area contributed by atoms with Crippen molar-refractivity contribution in [2.24, 2.45) is 0 Å². The van der Waals surface area contributed by atoms with Crippen LogP contribution in [-0.4, -0.2) is 115 Å². The molecule has 11 heteroatoms. The number of aliphatic hydroxyl groups excluding tert-OH is 8. The average molecular weight is 342 g/mol. The molecule has 0 aromatic rings. The van der Waals surface area contributed by atoms with E-state index < -0.39 is 74.6 Å². The molecule has 0 amide bonds. The van der Waals surface area contributed by atoms with E-state index in [2.05, 4.69) is 0 Å². The Kier molecular flexibility index (Phi) is 5.92. The van der Waals surface area contributed by atoms with Crippen LogP contribution in [0.25, 0.3) is 0 Å². The summed E-state index contributed by atoms with van der Waals surface area (Å²) in [6.45, 7) is -2.32. The highest BCUT2D eigenvalue weighted by Gasteiger charge is 2.58. The van der Waals surface area contributed by atoms with Crippen molar-refractivity contribution in [3.63, 3.8) is 0 Å². The summed E-state index contributed by atoms with van der Waals surface area (Å²) in [7, 11) is 0. The molecule has 0 radical (unpaired) electrons. The lowest BCUT2D eigenvalue weighted by atomic mass is 9.99. The van der Waals surface area contributed by atoms with Crippen molar-refractivity contribution >= 4 is 0 Å². The molecule has 0 bridgehead atoms. The number of ether oxygens (including phenoxy) is 3. The van der Waals surface area contributed by atoms with E-state index in [0.717, 1.165) is 0 Å². The molecule has 0 aliphatic carbocycles. The highest BCUT2D eigenvalue weighted by atomic mass is 16.8. The first-order valence-corrected chi connectivity index (χ1v) is 7.05. The molecule has 0 spiro atoms. The van der Waals surface area contributed by atoms with Crippen molar-refractivity contribution in [1.29, 1.82) is 0 Å². The number of hydrogen-bond acceptors (Lipinski definition) is 11. The van der Waals surface area contributed by atoms with Crippen LogP contribution in [-0.2, 0) is 14.2 Å². The third-order valence-corrected chi connectivity index (χ3v) is 4.07. The minimum absolute atomic E-state index is 0.669. The maximum absolute atomic E-state index is 10.00. The van der Waals surface area contributed by atoms with Gasteiger partial charge in [-0.05, 0) is 0 Å². The summed E-state index contributed by atoms with van der Waals surface area (Å²) >= 11 is 0. The number of hydrogen-bond donors (Lipinski definition) is 8. The summed E-state index contributed by atoms with van der Waals surface area (Å²) in [6.07, 6.45) is -12.7. The van der Waals surface area contributed by atoms with Crippen LogP contribution < -0.4 is 0 Å². The van der Waals surface area contributed by atoms with Gasteiger partial charge in [0.1, 0.15) is 49.3 Å². The summed E-state index contributed by atoms with van der Waals surface area (Å²) in [5.74, 6) is -2.22. The van der Waals surface area contributed by atoms with Crippen LogP contribution >= 0.6 is 0 Å². The van der Waals surface area contributed by atoms with E-state index in [0.29, 0.717) is 0 Å². The Balaban J connectivity index is 2.18. The fraction of sp³-hybridized carbons (Fsp3) is 1.00. The zero-order valence-electron chi connectivity index (χ0n) is 12.0. The van der Waals surface area contributed by atoms with Gasteiger partial charge >= 0.3 is 0 Å². The monoisotopic (exact) mass is 342 g/mol. The van der Waals surface area contributed by atoms with E-state index in [1.807, 2.05) is 0 Å². The number of rotatable bonds is 5. The van der Waals surface area contributed by atoms with Crippen molar-refractivity contribution in [3.8, 4) is 0 Å². The van der Waals surface area contributed by atoms with Crippen molar-refractivity contribution < 1.29 is 55.1 Å². The molecule has 3 unspecified atom stereocenters. The first-order chi connectivity index (χ1) is 10.8. The van der Waals surface area contributed by atoms with Gasteiger partial charge in [-0.25, -0.2) is 0 Å².